The van der Waals surface area contributed by atoms with Crippen LogP contribution in [0.3, 0.4) is 0 Å². The molecule has 1 unspecified atom stereocenters. The van der Waals surface area contributed by atoms with Crippen LogP contribution in [0, 0.1) is 0 Å². The molecule has 0 radical (unpaired) electrons. The summed E-state index contributed by atoms with van der Waals surface area (Å²) in [7, 11) is 0. The van der Waals surface area contributed by atoms with Crippen molar-refractivity contribution in [2.75, 3.05) is 6.61 Å². The van der Waals surface area contributed by atoms with Gasteiger partial charge in [0.25, 0.3) is 0 Å². The van der Waals surface area contributed by atoms with Crippen molar-refractivity contribution < 1.29 is 22.7 Å². The lowest BCUT2D eigenvalue weighted by Gasteiger charge is -2.16. The molecular weight excluding hydrogens is 319 g/mol. The number of alkyl halides is 3. The number of hydrogen-bond donors (Lipinski definition) is 1. The summed E-state index contributed by atoms with van der Waals surface area (Å²) in [6.45, 7) is 1.85. The fraction of sp³-hybridized carbons (Fsp3) is 0.278. The number of esters is 1. The normalized spacial score (nSPS) is 12.7. The van der Waals surface area contributed by atoms with Crippen molar-refractivity contribution in [3.8, 4) is 11.1 Å². The first-order valence-corrected chi connectivity index (χ1v) is 7.50. The second kappa shape index (κ2) is 7.49. The molecule has 2 rings (SSSR count). The van der Waals surface area contributed by atoms with Crippen molar-refractivity contribution in [1.82, 2.24) is 0 Å². The molecule has 2 aromatic carbocycles. The van der Waals surface area contributed by atoms with Gasteiger partial charge in [0.1, 0.15) is 0 Å². The second-order valence-corrected chi connectivity index (χ2v) is 5.32. The molecule has 128 valence electrons. The van der Waals surface area contributed by atoms with Crippen molar-refractivity contribution in [1.29, 1.82) is 0 Å². The third kappa shape index (κ3) is 4.58. The summed E-state index contributed by atoms with van der Waals surface area (Å²) in [5, 5.41) is 0. The van der Waals surface area contributed by atoms with Crippen LogP contribution in [0.1, 0.15) is 30.5 Å². The molecule has 0 spiro atoms. The highest BCUT2D eigenvalue weighted by Gasteiger charge is 2.32. The fourth-order valence-corrected chi connectivity index (χ4v) is 2.34. The van der Waals surface area contributed by atoms with Gasteiger partial charge in [0.05, 0.1) is 18.6 Å². The lowest BCUT2D eigenvalue weighted by atomic mass is 9.95. The van der Waals surface area contributed by atoms with Gasteiger partial charge in [-0.05, 0) is 41.8 Å². The SMILES string of the molecule is CCOC(=O)CC(N)c1cc(-c2ccccc2)cc(C(F)(F)F)c1. The minimum Gasteiger partial charge on any atom is -0.466 e. The zero-order valence-electron chi connectivity index (χ0n) is 13.1. The van der Waals surface area contributed by atoms with E-state index in [4.69, 9.17) is 10.5 Å². The summed E-state index contributed by atoms with van der Waals surface area (Å²) < 4.78 is 44.3. The topological polar surface area (TPSA) is 52.3 Å². The molecule has 0 aliphatic heterocycles. The maximum Gasteiger partial charge on any atom is 0.416 e. The van der Waals surface area contributed by atoms with E-state index >= 15 is 0 Å². The molecule has 0 saturated carbocycles. The van der Waals surface area contributed by atoms with E-state index in [0.717, 1.165) is 12.1 Å². The molecule has 0 aromatic heterocycles. The Morgan fingerprint density at radius 2 is 1.79 bits per heavy atom. The van der Waals surface area contributed by atoms with Gasteiger partial charge in [-0.25, -0.2) is 0 Å². The molecule has 24 heavy (non-hydrogen) atoms. The molecule has 1 atom stereocenters. The predicted octanol–water partition coefficient (Wildman–Crippen LogP) is 4.33. The maximum absolute atomic E-state index is 13.2. The summed E-state index contributed by atoms with van der Waals surface area (Å²) in [5.74, 6) is -0.538. The zero-order valence-corrected chi connectivity index (χ0v) is 13.1. The molecule has 2 N–H and O–H groups in total. The highest BCUT2D eigenvalue weighted by Crippen LogP contribution is 2.35. The average molecular weight is 337 g/mol. The number of halogens is 3. The number of carbonyl (C=O) groups is 1. The monoisotopic (exact) mass is 337 g/mol. The third-order valence-corrected chi connectivity index (χ3v) is 3.51. The largest absolute Gasteiger partial charge is 0.466 e. The molecule has 0 heterocycles. The van der Waals surface area contributed by atoms with Crippen LogP contribution in [0.15, 0.2) is 48.5 Å². The van der Waals surface area contributed by atoms with Crippen molar-refractivity contribution >= 4 is 5.97 Å². The summed E-state index contributed by atoms with van der Waals surface area (Å²) in [4.78, 5) is 11.5. The van der Waals surface area contributed by atoms with E-state index < -0.39 is 23.8 Å². The molecule has 0 fully saturated rings. The Bertz CT molecular complexity index is 699. The zero-order chi connectivity index (χ0) is 17.7. The molecule has 0 aliphatic rings. The molecule has 0 amide bonds. The van der Waals surface area contributed by atoms with Crippen LogP contribution >= 0.6 is 0 Å². The first-order chi connectivity index (χ1) is 11.3. The van der Waals surface area contributed by atoms with Gasteiger partial charge in [0, 0.05) is 6.04 Å². The number of hydrogen-bond acceptors (Lipinski definition) is 3. The van der Waals surface area contributed by atoms with Gasteiger partial charge in [0.15, 0.2) is 0 Å². The maximum atomic E-state index is 13.2. The number of rotatable bonds is 5. The van der Waals surface area contributed by atoms with Crippen LogP contribution in [-0.2, 0) is 15.7 Å². The summed E-state index contributed by atoms with van der Waals surface area (Å²) >= 11 is 0. The van der Waals surface area contributed by atoms with E-state index in [9.17, 15) is 18.0 Å². The van der Waals surface area contributed by atoms with Crippen LogP contribution in [-0.4, -0.2) is 12.6 Å². The van der Waals surface area contributed by atoms with Crippen molar-refractivity contribution in [2.45, 2.75) is 25.6 Å². The Morgan fingerprint density at radius 1 is 1.12 bits per heavy atom. The minimum atomic E-state index is -4.50. The summed E-state index contributed by atoms with van der Waals surface area (Å²) in [6, 6.07) is 11.5. The molecule has 2 aromatic rings. The first-order valence-electron chi connectivity index (χ1n) is 7.50. The lowest BCUT2D eigenvalue weighted by molar-refractivity contribution is -0.143. The molecule has 0 saturated heterocycles. The first kappa shape index (κ1) is 18.0. The Kier molecular flexibility index (Phi) is 5.62. The highest BCUT2D eigenvalue weighted by molar-refractivity contribution is 5.71. The number of benzene rings is 2. The van der Waals surface area contributed by atoms with Gasteiger partial charge in [-0.15, -0.1) is 0 Å². The van der Waals surface area contributed by atoms with E-state index in [0.29, 0.717) is 11.1 Å². The fourth-order valence-electron chi connectivity index (χ4n) is 2.34. The van der Waals surface area contributed by atoms with Crippen LogP contribution in [0.25, 0.3) is 11.1 Å². The number of nitrogens with two attached hydrogens (primary N) is 1. The Morgan fingerprint density at radius 3 is 2.38 bits per heavy atom. The van der Waals surface area contributed by atoms with E-state index in [-0.39, 0.29) is 18.6 Å². The average Bonchev–Trinajstić information content (AvgIpc) is 2.54. The molecule has 3 nitrogen and oxygen atoms in total. The minimum absolute atomic E-state index is 0.177. The summed E-state index contributed by atoms with van der Waals surface area (Å²) in [6.07, 6.45) is -4.67. The van der Waals surface area contributed by atoms with Crippen LogP contribution in [0.5, 0.6) is 0 Å². The van der Waals surface area contributed by atoms with E-state index in [2.05, 4.69) is 0 Å². The summed E-state index contributed by atoms with van der Waals surface area (Å²) in [5.41, 5.74) is 6.42. The Hall–Kier alpha value is -2.34. The van der Waals surface area contributed by atoms with Crippen molar-refractivity contribution in [3.05, 3.63) is 59.7 Å². The molecule has 0 aliphatic carbocycles. The van der Waals surface area contributed by atoms with Crippen molar-refractivity contribution in [2.24, 2.45) is 5.73 Å². The van der Waals surface area contributed by atoms with E-state index in [1.165, 1.54) is 0 Å². The number of carbonyl (C=O) groups excluding carboxylic acids is 1. The Labute approximate surface area is 138 Å². The predicted molar refractivity (Wildman–Crippen MR) is 85.1 cm³/mol. The molecule has 0 bridgehead atoms. The van der Waals surface area contributed by atoms with Gasteiger partial charge in [-0.1, -0.05) is 30.3 Å². The smallest absolute Gasteiger partial charge is 0.416 e. The standard InChI is InChI=1S/C18H18F3NO2/c1-2-24-17(23)11-16(22)14-8-13(12-6-4-3-5-7-12)9-15(10-14)18(19,20)21/h3-10,16H,2,11,22H2,1H3. The Balaban J connectivity index is 2.42. The highest BCUT2D eigenvalue weighted by atomic mass is 19.4. The number of ether oxygens (including phenoxy) is 1. The third-order valence-electron chi connectivity index (χ3n) is 3.51. The van der Waals surface area contributed by atoms with E-state index in [1.54, 1.807) is 43.3 Å². The van der Waals surface area contributed by atoms with Gasteiger partial charge in [-0.3, -0.25) is 4.79 Å². The lowest BCUT2D eigenvalue weighted by Crippen LogP contribution is -2.18. The van der Waals surface area contributed by atoms with Gasteiger partial charge in [-0.2, -0.15) is 13.2 Å². The second-order valence-electron chi connectivity index (χ2n) is 5.32. The van der Waals surface area contributed by atoms with Crippen LogP contribution in [0.4, 0.5) is 13.2 Å². The molecular formula is C18H18F3NO2. The van der Waals surface area contributed by atoms with Crippen LogP contribution < -0.4 is 5.73 Å². The van der Waals surface area contributed by atoms with Gasteiger partial charge in [0.2, 0.25) is 0 Å². The van der Waals surface area contributed by atoms with E-state index in [1.807, 2.05) is 0 Å². The van der Waals surface area contributed by atoms with Crippen LogP contribution in [0.2, 0.25) is 0 Å². The van der Waals surface area contributed by atoms with Gasteiger partial charge < -0.3 is 10.5 Å². The quantitative estimate of drug-likeness (QED) is 0.827. The van der Waals surface area contributed by atoms with Crippen molar-refractivity contribution in [3.63, 3.8) is 0 Å². The molecule has 6 heteroatoms. The van der Waals surface area contributed by atoms with Gasteiger partial charge >= 0.3 is 12.1 Å².